The summed E-state index contributed by atoms with van der Waals surface area (Å²) < 4.78 is 17.5. The van der Waals surface area contributed by atoms with Crippen LogP contribution in [0.25, 0.3) is 0 Å². The van der Waals surface area contributed by atoms with Gasteiger partial charge in [-0.05, 0) is 92.3 Å². The van der Waals surface area contributed by atoms with Crippen LogP contribution in [0.4, 0.5) is 0 Å². The van der Waals surface area contributed by atoms with E-state index >= 15 is 0 Å². The third-order valence-corrected chi connectivity index (χ3v) is 10.7. The molecule has 1 saturated heterocycles. The van der Waals surface area contributed by atoms with E-state index in [1.165, 1.54) is 38.7 Å². The fraction of sp³-hybridized carbons (Fsp3) is 0.361. The van der Waals surface area contributed by atoms with E-state index in [4.69, 9.17) is 37.4 Å². The molecule has 0 radical (unpaired) electrons. The Morgan fingerprint density at radius 1 is 1.04 bits per heavy atom. The Bertz CT molecular complexity index is 1810. The first kappa shape index (κ1) is 37.2. The van der Waals surface area contributed by atoms with Crippen LogP contribution in [-0.2, 0) is 22.5 Å². The fourth-order valence-corrected chi connectivity index (χ4v) is 7.75. The second kappa shape index (κ2) is 16.8. The highest BCUT2D eigenvalue weighted by Crippen LogP contribution is 2.41. The van der Waals surface area contributed by atoms with Crippen molar-refractivity contribution in [3.63, 3.8) is 0 Å². The van der Waals surface area contributed by atoms with E-state index in [0.29, 0.717) is 38.6 Å². The highest BCUT2D eigenvalue weighted by Gasteiger charge is 2.29. The number of nitrogens with zero attached hydrogens (tertiary/aromatic N) is 2. The summed E-state index contributed by atoms with van der Waals surface area (Å²) >= 11 is 14.1. The number of benzene rings is 2. The number of carbonyl (C=O) groups is 2. The fourth-order valence-electron chi connectivity index (χ4n) is 6.14. The van der Waals surface area contributed by atoms with E-state index < -0.39 is 23.9 Å². The van der Waals surface area contributed by atoms with Crippen LogP contribution in [0.3, 0.4) is 0 Å². The standard InChI is InChI=1S/C36H39Cl2N3O8S/c1-40-11-9-21(10-12-40)20-49-36(45)33(23-5-4-6-24(42)13-23)39-17-25-15-27(34(50-25)35(43)44)26(16-28-29(37)18-41(46)19-30(28)38)22-7-8-31(47-2)32(14-22)48-3/h4-8,13-15,18-19,21,26,33,39H,9-12,16-17,20H2,1-3H3,(H2-,42,43,44,46)/t26-,33?/m0/s1. The zero-order chi connectivity index (χ0) is 35.9. The highest BCUT2D eigenvalue weighted by atomic mass is 35.5. The van der Waals surface area contributed by atoms with Crippen molar-refractivity contribution < 1.29 is 44.0 Å². The number of methoxy groups -OCH3 is 2. The number of carbonyl (C=O) groups excluding carboxylic acids is 2. The van der Waals surface area contributed by atoms with E-state index in [9.17, 15) is 25.0 Å². The Morgan fingerprint density at radius 3 is 2.38 bits per heavy atom. The summed E-state index contributed by atoms with van der Waals surface area (Å²) in [5.74, 6) is -1.30. The number of thiophene rings is 1. The predicted molar refractivity (Wildman–Crippen MR) is 186 cm³/mol. The largest absolute Gasteiger partial charge is 0.544 e. The van der Waals surface area contributed by atoms with Crippen molar-refractivity contribution >= 4 is 46.5 Å². The molecule has 3 N–H and O–H groups in total. The lowest BCUT2D eigenvalue weighted by molar-refractivity contribution is -0.904. The molecular formula is C36H39Cl2N3O8S. The molecule has 0 bridgehead atoms. The lowest BCUT2D eigenvalue weighted by atomic mass is 9.85. The van der Waals surface area contributed by atoms with E-state index in [1.54, 1.807) is 36.4 Å². The van der Waals surface area contributed by atoms with E-state index in [0.717, 1.165) is 42.0 Å². The number of halogens is 2. The molecule has 2 aromatic heterocycles. The Balaban J connectivity index is 1.47. The van der Waals surface area contributed by atoms with Crippen LogP contribution < -0.4 is 24.6 Å². The smallest absolute Gasteiger partial charge is 0.327 e. The first-order valence-corrected chi connectivity index (χ1v) is 17.6. The maximum atomic E-state index is 13.5. The number of likely N-dealkylation sites (tertiary alicyclic amines) is 1. The van der Waals surface area contributed by atoms with Crippen molar-refractivity contribution in [2.24, 2.45) is 5.92 Å². The van der Waals surface area contributed by atoms with Crippen LogP contribution in [-0.4, -0.2) is 68.1 Å². The lowest BCUT2D eigenvalue weighted by Gasteiger charge is -2.29. The van der Waals surface area contributed by atoms with Crippen molar-refractivity contribution in [1.29, 1.82) is 0 Å². The quantitative estimate of drug-likeness (QED) is 0.0940. The third kappa shape index (κ3) is 8.98. The number of carboxylic acid groups (broad SMARTS) is 1. The Hall–Kier alpha value is -4.07. The highest BCUT2D eigenvalue weighted by molar-refractivity contribution is 7.14. The average Bonchev–Trinajstić information content (AvgIpc) is 3.52. The number of nitrogens with one attached hydrogen (secondary N) is 1. The van der Waals surface area contributed by atoms with Gasteiger partial charge in [0.15, 0.2) is 11.5 Å². The second-order valence-electron chi connectivity index (χ2n) is 12.3. The van der Waals surface area contributed by atoms with Gasteiger partial charge in [0.05, 0.1) is 31.7 Å². The van der Waals surface area contributed by atoms with Crippen LogP contribution in [0.5, 0.6) is 17.2 Å². The summed E-state index contributed by atoms with van der Waals surface area (Å²) in [6.45, 7) is 2.26. The first-order valence-electron chi connectivity index (χ1n) is 16.0. The van der Waals surface area contributed by atoms with Gasteiger partial charge in [-0.1, -0.05) is 41.4 Å². The number of aromatic carboxylic acids is 1. The predicted octanol–water partition coefficient (Wildman–Crippen LogP) is 4.76. The van der Waals surface area contributed by atoms with Gasteiger partial charge in [-0.3, -0.25) is 10.5 Å². The molecule has 4 aromatic rings. The molecule has 266 valence electrons. The monoisotopic (exact) mass is 743 g/mol. The number of hydrogen-bond acceptors (Lipinski definition) is 11. The molecule has 1 aliphatic heterocycles. The molecule has 1 aliphatic rings. The number of aromatic nitrogens is 1. The SMILES string of the molecule is COc1ccc([C@H](Cc2c(Cl)c[n+](O)cc2Cl)c2cc(CNC(C(=O)OCC3CCN(C)CC3)c3cccc(O)c3)sc2C(=O)[O-])cc1OC. The Kier molecular flexibility index (Phi) is 12.5. The van der Waals surface area contributed by atoms with Crippen LogP contribution in [0, 0.1) is 5.92 Å². The number of phenols is 1. The van der Waals surface area contributed by atoms with Gasteiger partial charge in [0.25, 0.3) is 0 Å². The molecule has 0 spiro atoms. The van der Waals surface area contributed by atoms with E-state index in [1.807, 2.05) is 0 Å². The molecule has 1 fully saturated rings. The molecule has 50 heavy (non-hydrogen) atoms. The van der Waals surface area contributed by atoms with Gasteiger partial charge in [-0.2, -0.15) is 0 Å². The number of carboxylic acids is 1. The molecule has 0 aliphatic carbocycles. The minimum Gasteiger partial charge on any atom is -0.544 e. The molecule has 5 rings (SSSR count). The number of esters is 1. The third-order valence-electron chi connectivity index (χ3n) is 8.88. The Morgan fingerprint density at radius 2 is 1.74 bits per heavy atom. The summed E-state index contributed by atoms with van der Waals surface area (Å²) in [7, 11) is 5.09. The van der Waals surface area contributed by atoms with Gasteiger partial charge in [-0.25, -0.2) is 4.79 Å². The van der Waals surface area contributed by atoms with Crippen molar-refractivity contribution in [2.45, 2.75) is 37.8 Å². The van der Waals surface area contributed by atoms with Crippen molar-refractivity contribution in [1.82, 2.24) is 10.2 Å². The van der Waals surface area contributed by atoms with E-state index in [-0.39, 0.29) is 46.2 Å². The summed E-state index contributed by atoms with van der Waals surface area (Å²) in [5.41, 5.74) is 2.12. The van der Waals surface area contributed by atoms with Crippen molar-refractivity contribution in [2.75, 3.05) is 41.0 Å². The average molecular weight is 745 g/mol. The van der Waals surface area contributed by atoms with Crippen molar-refractivity contribution in [3.8, 4) is 17.2 Å². The summed E-state index contributed by atoms with van der Waals surface area (Å²) in [5, 5.41) is 36.4. The molecule has 2 aromatic carbocycles. The van der Waals surface area contributed by atoms with Crippen LogP contribution >= 0.6 is 34.5 Å². The van der Waals surface area contributed by atoms with Gasteiger partial charge < -0.3 is 34.1 Å². The molecule has 11 nitrogen and oxygen atoms in total. The van der Waals surface area contributed by atoms with Crippen LogP contribution in [0.1, 0.15) is 61.6 Å². The van der Waals surface area contributed by atoms with Gasteiger partial charge >= 0.3 is 5.97 Å². The molecule has 1 unspecified atom stereocenters. The number of rotatable bonds is 14. The van der Waals surface area contributed by atoms with Gasteiger partial charge in [0.1, 0.15) is 21.8 Å². The number of pyridine rings is 1. The lowest BCUT2D eigenvalue weighted by Crippen LogP contribution is -2.34. The molecule has 3 heterocycles. The van der Waals surface area contributed by atoms with Crippen LogP contribution in [0.2, 0.25) is 10.0 Å². The van der Waals surface area contributed by atoms with Crippen LogP contribution in [0.15, 0.2) is 60.9 Å². The number of hydrogen-bond donors (Lipinski definition) is 3. The maximum absolute atomic E-state index is 13.5. The topological polar surface area (TPSA) is 144 Å². The number of piperidine rings is 1. The van der Waals surface area contributed by atoms with Gasteiger partial charge in [0, 0.05) is 27.6 Å². The molecule has 14 heteroatoms. The first-order chi connectivity index (χ1) is 24.0. The molecule has 2 atom stereocenters. The minimum atomic E-state index is -1.37. The van der Waals surface area contributed by atoms with Gasteiger partial charge in [-0.15, -0.1) is 11.3 Å². The molecule has 0 saturated carbocycles. The summed E-state index contributed by atoms with van der Waals surface area (Å²) in [6, 6.07) is 12.5. The van der Waals surface area contributed by atoms with E-state index in [2.05, 4.69) is 17.3 Å². The normalized spacial score (nSPS) is 15.0. The minimum absolute atomic E-state index is 0.00206. The van der Waals surface area contributed by atoms with Crippen molar-refractivity contribution in [3.05, 3.63) is 103 Å². The Labute approximate surface area is 304 Å². The maximum Gasteiger partial charge on any atom is 0.327 e. The summed E-state index contributed by atoms with van der Waals surface area (Å²) in [6.07, 6.45) is 4.61. The second-order valence-corrected chi connectivity index (χ2v) is 14.2. The van der Waals surface area contributed by atoms with Gasteiger partial charge in [0.2, 0.25) is 12.4 Å². The zero-order valence-corrected chi connectivity index (χ0v) is 30.2. The number of ether oxygens (including phenoxy) is 3. The zero-order valence-electron chi connectivity index (χ0n) is 27.9. The molecular weight excluding hydrogens is 705 g/mol. The molecule has 0 amide bonds. The number of aromatic hydroxyl groups is 1. The number of phenolic OH excluding ortho intramolecular Hbond substituents is 1. The summed E-state index contributed by atoms with van der Waals surface area (Å²) in [4.78, 5) is 29.0.